The summed E-state index contributed by atoms with van der Waals surface area (Å²) in [6, 6.07) is 14.7. The molecule has 1 aromatic heterocycles. The standard InChI is InChI=1S/C24H26ClN3O3/c1-28(2)18-13-7-15(8-14-18)23(29)27-21-19-5-3-4-6-20(19)31-22(21)24(30)26-17-11-9-16(25)10-12-17/h3-6,9-12,15,18H,7-8,13-14H2,1-2H3,(H,26,30)(H,27,29)/t15-,18-. The van der Waals surface area contributed by atoms with Gasteiger partial charge in [-0.3, -0.25) is 9.59 Å². The lowest BCUT2D eigenvalue weighted by atomic mass is 9.85. The minimum absolute atomic E-state index is 0.0655. The van der Waals surface area contributed by atoms with E-state index in [0.717, 1.165) is 25.7 Å². The van der Waals surface area contributed by atoms with E-state index < -0.39 is 5.91 Å². The molecule has 1 aliphatic carbocycles. The first-order valence-corrected chi connectivity index (χ1v) is 10.9. The molecule has 0 aliphatic heterocycles. The molecule has 3 aromatic rings. The summed E-state index contributed by atoms with van der Waals surface area (Å²) in [5.41, 5.74) is 1.56. The number of carbonyl (C=O) groups is 2. The summed E-state index contributed by atoms with van der Waals surface area (Å²) >= 11 is 5.92. The van der Waals surface area contributed by atoms with Gasteiger partial charge >= 0.3 is 0 Å². The normalized spacial score (nSPS) is 18.8. The largest absolute Gasteiger partial charge is 0.449 e. The van der Waals surface area contributed by atoms with Gasteiger partial charge in [-0.25, -0.2) is 0 Å². The predicted molar refractivity (Wildman–Crippen MR) is 124 cm³/mol. The number of rotatable bonds is 5. The Balaban J connectivity index is 1.56. The third-order valence-electron chi connectivity index (χ3n) is 5.95. The van der Waals surface area contributed by atoms with E-state index >= 15 is 0 Å². The Kier molecular flexibility index (Phi) is 6.30. The first kappa shape index (κ1) is 21.4. The molecule has 1 heterocycles. The molecule has 2 amide bonds. The fourth-order valence-corrected chi connectivity index (χ4v) is 4.26. The van der Waals surface area contributed by atoms with Crippen molar-refractivity contribution in [1.82, 2.24) is 4.90 Å². The van der Waals surface area contributed by atoms with Gasteiger partial charge in [0.15, 0.2) is 0 Å². The molecule has 1 fully saturated rings. The summed E-state index contributed by atoms with van der Waals surface area (Å²) in [5.74, 6) is -0.474. The summed E-state index contributed by atoms with van der Waals surface area (Å²) in [4.78, 5) is 28.2. The van der Waals surface area contributed by atoms with Crippen LogP contribution in [0.15, 0.2) is 52.9 Å². The Morgan fingerprint density at radius 3 is 2.32 bits per heavy atom. The Bertz CT molecular complexity index is 1080. The second-order valence-electron chi connectivity index (χ2n) is 8.22. The van der Waals surface area contributed by atoms with E-state index in [2.05, 4.69) is 29.6 Å². The van der Waals surface area contributed by atoms with Crippen molar-refractivity contribution in [1.29, 1.82) is 0 Å². The van der Waals surface area contributed by atoms with Crippen LogP contribution < -0.4 is 10.6 Å². The van der Waals surface area contributed by atoms with Crippen LogP contribution >= 0.6 is 11.6 Å². The third-order valence-corrected chi connectivity index (χ3v) is 6.20. The molecule has 0 radical (unpaired) electrons. The van der Waals surface area contributed by atoms with Gasteiger partial charge in [-0.2, -0.15) is 0 Å². The second kappa shape index (κ2) is 9.12. The Morgan fingerprint density at radius 2 is 1.65 bits per heavy atom. The highest BCUT2D eigenvalue weighted by Gasteiger charge is 2.29. The summed E-state index contributed by atoms with van der Waals surface area (Å²) in [6.45, 7) is 0. The molecule has 31 heavy (non-hydrogen) atoms. The Morgan fingerprint density at radius 1 is 0.968 bits per heavy atom. The monoisotopic (exact) mass is 439 g/mol. The maximum absolute atomic E-state index is 13.0. The van der Waals surface area contributed by atoms with E-state index in [1.54, 1.807) is 30.3 Å². The van der Waals surface area contributed by atoms with Crippen molar-refractivity contribution < 1.29 is 14.0 Å². The highest BCUT2D eigenvalue weighted by Crippen LogP contribution is 2.34. The number of furan rings is 1. The zero-order valence-corrected chi connectivity index (χ0v) is 18.4. The van der Waals surface area contributed by atoms with Crippen LogP contribution in [0.4, 0.5) is 11.4 Å². The van der Waals surface area contributed by atoms with E-state index in [1.807, 2.05) is 18.2 Å². The fourth-order valence-electron chi connectivity index (χ4n) is 4.13. The van der Waals surface area contributed by atoms with Crippen LogP contribution in [0.5, 0.6) is 0 Å². The summed E-state index contributed by atoms with van der Waals surface area (Å²) < 4.78 is 5.83. The summed E-state index contributed by atoms with van der Waals surface area (Å²) in [5, 5.41) is 7.09. The lowest BCUT2D eigenvalue weighted by Gasteiger charge is -2.31. The molecule has 0 saturated heterocycles. The number of nitrogens with zero attached hydrogens (tertiary/aromatic N) is 1. The summed E-state index contributed by atoms with van der Waals surface area (Å²) in [6.07, 6.45) is 3.63. The first-order valence-electron chi connectivity index (χ1n) is 10.5. The molecule has 1 aliphatic rings. The molecule has 1 saturated carbocycles. The number of para-hydroxylation sites is 1. The highest BCUT2D eigenvalue weighted by atomic mass is 35.5. The van der Waals surface area contributed by atoms with Gasteiger partial charge in [0.05, 0.1) is 0 Å². The molecule has 0 spiro atoms. The number of hydrogen-bond acceptors (Lipinski definition) is 4. The lowest BCUT2D eigenvalue weighted by molar-refractivity contribution is -0.121. The molecule has 6 nitrogen and oxygen atoms in total. The number of anilines is 2. The van der Waals surface area contributed by atoms with Crippen molar-refractivity contribution in [2.75, 3.05) is 24.7 Å². The van der Waals surface area contributed by atoms with Crippen LogP contribution in [-0.2, 0) is 4.79 Å². The van der Waals surface area contributed by atoms with Gasteiger partial charge in [-0.05, 0) is 76.2 Å². The van der Waals surface area contributed by atoms with E-state index in [1.165, 1.54) is 0 Å². The van der Waals surface area contributed by atoms with Crippen LogP contribution in [-0.4, -0.2) is 36.9 Å². The number of fused-ring (bicyclic) bond motifs is 1. The van der Waals surface area contributed by atoms with Crippen molar-refractivity contribution in [2.24, 2.45) is 5.92 Å². The molecule has 0 bridgehead atoms. The molecular weight excluding hydrogens is 414 g/mol. The van der Waals surface area contributed by atoms with Crippen molar-refractivity contribution >= 4 is 45.8 Å². The number of carbonyl (C=O) groups excluding carboxylic acids is 2. The van der Waals surface area contributed by atoms with E-state index in [4.69, 9.17) is 16.0 Å². The van der Waals surface area contributed by atoms with Crippen LogP contribution in [0.25, 0.3) is 11.0 Å². The minimum Gasteiger partial charge on any atom is -0.449 e. The van der Waals surface area contributed by atoms with Gasteiger partial charge < -0.3 is 20.0 Å². The molecule has 2 N–H and O–H groups in total. The molecule has 162 valence electrons. The summed E-state index contributed by atoms with van der Waals surface area (Å²) in [7, 11) is 4.16. The van der Waals surface area contributed by atoms with E-state index in [9.17, 15) is 9.59 Å². The zero-order chi connectivity index (χ0) is 22.0. The predicted octanol–water partition coefficient (Wildman–Crippen LogP) is 5.40. The smallest absolute Gasteiger partial charge is 0.293 e. The molecular formula is C24H26ClN3O3. The van der Waals surface area contributed by atoms with Crippen LogP contribution in [0.3, 0.4) is 0 Å². The van der Waals surface area contributed by atoms with Crippen molar-refractivity contribution in [2.45, 2.75) is 31.7 Å². The SMILES string of the molecule is CN(C)[C@H]1CC[C@H](C(=O)Nc2c(C(=O)Nc3ccc(Cl)cc3)oc3ccccc23)CC1. The van der Waals surface area contributed by atoms with Gasteiger partial charge in [0.2, 0.25) is 11.7 Å². The fraction of sp³-hybridized carbons (Fsp3) is 0.333. The minimum atomic E-state index is -0.426. The molecule has 0 atom stereocenters. The van der Waals surface area contributed by atoms with Gasteiger partial charge in [0, 0.05) is 28.1 Å². The van der Waals surface area contributed by atoms with Gasteiger partial charge in [0.1, 0.15) is 11.3 Å². The molecule has 2 aromatic carbocycles. The van der Waals surface area contributed by atoms with Crippen molar-refractivity contribution in [3.8, 4) is 0 Å². The second-order valence-corrected chi connectivity index (χ2v) is 8.66. The molecule has 4 rings (SSSR count). The van der Waals surface area contributed by atoms with Crippen molar-refractivity contribution in [3.05, 3.63) is 59.3 Å². The topological polar surface area (TPSA) is 74.6 Å². The maximum atomic E-state index is 13.0. The number of amides is 2. The van der Waals surface area contributed by atoms with Crippen molar-refractivity contribution in [3.63, 3.8) is 0 Å². The Labute approximate surface area is 186 Å². The quantitative estimate of drug-likeness (QED) is 0.558. The third kappa shape index (κ3) is 4.75. The average molecular weight is 440 g/mol. The lowest BCUT2D eigenvalue weighted by Crippen LogP contribution is -2.35. The van der Waals surface area contributed by atoms with E-state index in [0.29, 0.717) is 33.4 Å². The van der Waals surface area contributed by atoms with Crippen LogP contribution in [0, 0.1) is 5.92 Å². The number of nitrogens with one attached hydrogen (secondary N) is 2. The number of hydrogen-bond donors (Lipinski definition) is 2. The Hall–Kier alpha value is -2.83. The maximum Gasteiger partial charge on any atom is 0.293 e. The van der Waals surface area contributed by atoms with Crippen LogP contribution in [0.2, 0.25) is 5.02 Å². The highest BCUT2D eigenvalue weighted by molar-refractivity contribution is 6.30. The molecule has 0 unspecified atom stereocenters. The van der Waals surface area contributed by atoms with Gasteiger partial charge in [0.25, 0.3) is 5.91 Å². The van der Waals surface area contributed by atoms with Crippen LogP contribution in [0.1, 0.15) is 36.2 Å². The number of benzene rings is 2. The molecule has 7 heteroatoms. The average Bonchev–Trinajstić information content (AvgIpc) is 3.14. The van der Waals surface area contributed by atoms with E-state index in [-0.39, 0.29) is 17.6 Å². The van der Waals surface area contributed by atoms with Gasteiger partial charge in [-0.15, -0.1) is 0 Å². The first-order chi connectivity index (χ1) is 14.9. The zero-order valence-electron chi connectivity index (χ0n) is 17.7. The number of halogens is 1. The van der Waals surface area contributed by atoms with Gasteiger partial charge in [-0.1, -0.05) is 23.7 Å².